The first-order chi connectivity index (χ1) is 13.9. The number of benzene rings is 1. The van der Waals surface area contributed by atoms with Crippen LogP contribution in [0.1, 0.15) is 68.6 Å². The van der Waals surface area contributed by atoms with Gasteiger partial charge in [0.15, 0.2) is 12.2 Å². The fourth-order valence-corrected chi connectivity index (χ4v) is 2.76. The SMILES string of the molecule is CCCCCCCCCCNC(=O)c1ccc(NC(=O)C(O)C(O)C(=O)O)cc1. The van der Waals surface area contributed by atoms with Crippen LogP contribution in [0.4, 0.5) is 5.69 Å². The van der Waals surface area contributed by atoms with Gasteiger partial charge in [-0.2, -0.15) is 0 Å². The van der Waals surface area contributed by atoms with Crippen molar-refractivity contribution in [2.75, 3.05) is 11.9 Å². The van der Waals surface area contributed by atoms with E-state index >= 15 is 0 Å². The molecule has 162 valence electrons. The molecule has 29 heavy (non-hydrogen) atoms. The number of amides is 2. The van der Waals surface area contributed by atoms with E-state index in [9.17, 15) is 24.6 Å². The van der Waals surface area contributed by atoms with E-state index in [2.05, 4.69) is 17.6 Å². The molecule has 2 amide bonds. The van der Waals surface area contributed by atoms with Gasteiger partial charge in [-0.3, -0.25) is 9.59 Å². The largest absolute Gasteiger partial charge is 0.479 e. The van der Waals surface area contributed by atoms with E-state index in [0.29, 0.717) is 12.1 Å². The molecule has 0 fully saturated rings. The number of unbranched alkanes of at least 4 members (excludes halogenated alkanes) is 7. The van der Waals surface area contributed by atoms with Crippen molar-refractivity contribution in [1.82, 2.24) is 5.32 Å². The third-order valence-electron chi connectivity index (χ3n) is 4.55. The van der Waals surface area contributed by atoms with E-state index in [1.807, 2.05) is 0 Å². The van der Waals surface area contributed by atoms with E-state index in [1.54, 1.807) is 0 Å². The zero-order chi connectivity index (χ0) is 21.6. The number of carbonyl (C=O) groups excluding carboxylic acids is 2. The van der Waals surface area contributed by atoms with Crippen molar-refractivity contribution in [3.63, 3.8) is 0 Å². The summed E-state index contributed by atoms with van der Waals surface area (Å²) in [5.41, 5.74) is 0.694. The second kappa shape index (κ2) is 13.7. The molecular formula is C21H32N2O6. The van der Waals surface area contributed by atoms with Crippen LogP contribution in [0.5, 0.6) is 0 Å². The van der Waals surface area contributed by atoms with Crippen LogP contribution in [0, 0.1) is 0 Å². The van der Waals surface area contributed by atoms with Crippen molar-refractivity contribution in [2.24, 2.45) is 0 Å². The van der Waals surface area contributed by atoms with Crippen molar-refractivity contribution in [3.8, 4) is 0 Å². The second-order valence-electron chi connectivity index (χ2n) is 7.03. The maximum Gasteiger partial charge on any atom is 0.335 e. The zero-order valence-corrected chi connectivity index (χ0v) is 16.9. The summed E-state index contributed by atoms with van der Waals surface area (Å²) in [6.45, 7) is 2.80. The molecule has 0 saturated heterocycles. The number of carboxylic acid groups (broad SMARTS) is 1. The van der Waals surface area contributed by atoms with Gasteiger partial charge in [-0.25, -0.2) is 4.79 Å². The summed E-state index contributed by atoms with van der Waals surface area (Å²) < 4.78 is 0. The Morgan fingerprint density at radius 2 is 1.41 bits per heavy atom. The number of aliphatic hydroxyl groups is 2. The lowest BCUT2D eigenvalue weighted by atomic mass is 10.1. The van der Waals surface area contributed by atoms with Crippen LogP contribution in [0.15, 0.2) is 24.3 Å². The molecule has 0 aliphatic heterocycles. The van der Waals surface area contributed by atoms with E-state index in [-0.39, 0.29) is 11.6 Å². The fraction of sp³-hybridized carbons (Fsp3) is 0.571. The van der Waals surface area contributed by atoms with Crippen LogP contribution in [0.3, 0.4) is 0 Å². The lowest BCUT2D eigenvalue weighted by molar-refractivity contribution is -0.156. The average molecular weight is 408 g/mol. The van der Waals surface area contributed by atoms with E-state index in [1.165, 1.54) is 62.8 Å². The van der Waals surface area contributed by atoms with Gasteiger partial charge < -0.3 is 26.0 Å². The third-order valence-corrected chi connectivity index (χ3v) is 4.55. The van der Waals surface area contributed by atoms with Gasteiger partial charge in [0.05, 0.1) is 0 Å². The minimum Gasteiger partial charge on any atom is -0.479 e. The van der Waals surface area contributed by atoms with Gasteiger partial charge in [0, 0.05) is 17.8 Å². The van der Waals surface area contributed by atoms with Gasteiger partial charge in [0.2, 0.25) is 0 Å². The molecule has 2 unspecified atom stereocenters. The Kier molecular flexibility index (Phi) is 11.6. The summed E-state index contributed by atoms with van der Waals surface area (Å²) in [6, 6.07) is 5.95. The highest BCUT2D eigenvalue weighted by Gasteiger charge is 2.30. The molecule has 2 atom stereocenters. The van der Waals surface area contributed by atoms with Gasteiger partial charge in [-0.1, -0.05) is 51.9 Å². The van der Waals surface area contributed by atoms with E-state index < -0.39 is 24.1 Å². The van der Waals surface area contributed by atoms with Gasteiger partial charge in [-0.05, 0) is 30.7 Å². The molecule has 0 spiro atoms. The van der Waals surface area contributed by atoms with Crippen molar-refractivity contribution in [2.45, 2.75) is 70.5 Å². The van der Waals surface area contributed by atoms with Crippen molar-refractivity contribution in [1.29, 1.82) is 0 Å². The van der Waals surface area contributed by atoms with Crippen LogP contribution in [0.2, 0.25) is 0 Å². The molecule has 0 aliphatic carbocycles. The van der Waals surface area contributed by atoms with Gasteiger partial charge >= 0.3 is 5.97 Å². The Hall–Kier alpha value is -2.45. The lowest BCUT2D eigenvalue weighted by Gasteiger charge is -2.14. The molecule has 1 rings (SSSR count). The van der Waals surface area contributed by atoms with Crippen molar-refractivity contribution in [3.05, 3.63) is 29.8 Å². The third kappa shape index (κ3) is 9.54. The molecule has 0 heterocycles. The van der Waals surface area contributed by atoms with Crippen LogP contribution < -0.4 is 10.6 Å². The molecule has 0 aliphatic rings. The number of carbonyl (C=O) groups is 3. The minimum absolute atomic E-state index is 0.216. The van der Waals surface area contributed by atoms with Gasteiger partial charge in [0.1, 0.15) is 0 Å². The summed E-state index contributed by atoms with van der Waals surface area (Å²) in [6.07, 6.45) is 5.23. The summed E-state index contributed by atoms with van der Waals surface area (Å²) in [5.74, 6) is -2.96. The highest BCUT2D eigenvalue weighted by Crippen LogP contribution is 2.11. The summed E-state index contributed by atoms with van der Waals surface area (Å²) in [5, 5.41) is 32.4. The summed E-state index contributed by atoms with van der Waals surface area (Å²) in [4.78, 5) is 34.4. The van der Waals surface area contributed by atoms with Crippen LogP contribution in [-0.2, 0) is 9.59 Å². The molecule has 8 nitrogen and oxygen atoms in total. The number of carboxylic acids is 1. The first-order valence-electron chi connectivity index (χ1n) is 10.1. The Morgan fingerprint density at radius 1 is 0.862 bits per heavy atom. The number of hydrogen-bond donors (Lipinski definition) is 5. The number of hydrogen-bond acceptors (Lipinski definition) is 5. The molecular weight excluding hydrogens is 376 g/mol. The molecule has 1 aromatic rings. The number of rotatable bonds is 14. The molecule has 0 radical (unpaired) electrons. The number of nitrogens with one attached hydrogen (secondary N) is 2. The van der Waals surface area contributed by atoms with Crippen LogP contribution in [0.25, 0.3) is 0 Å². The maximum atomic E-state index is 12.1. The Morgan fingerprint density at radius 3 is 1.97 bits per heavy atom. The first-order valence-corrected chi connectivity index (χ1v) is 10.1. The molecule has 0 saturated carbocycles. The van der Waals surface area contributed by atoms with Crippen molar-refractivity contribution < 1.29 is 29.7 Å². The second-order valence-corrected chi connectivity index (χ2v) is 7.03. The molecule has 1 aromatic carbocycles. The predicted octanol–water partition coefficient (Wildman–Crippen LogP) is 2.30. The Labute approximate surface area is 171 Å². The summed E-state index contributed by atoms with van der Waals surface area (Å²) in [7, 11) is 0. The molecule has 8 heteroatoms. The van der Waals surface area contributed by atoms with Gasteiger partial charge in [0.25, 0.3) is 11.8 Å². The van der Waals surface area contributed by atoms with Crippen LogP contribution >= 0.6 is 0 Å². The zero-order valence-electron chi connectivity index (χ0n) is 16.9. The lowest BCUT2D eigenvalue weighted by Crippen LogP contribution is -2.42. The highest BCUT2D eigenvalue weighted by molar-refractivity contribution is 5.98. The molecule has 0 bridgehead atoms. The predicted molar refractivity (Wildman–Crippen MR) is 110 cm³/mol. The summed E-state index contributed by atoms with van der Waals surface area (Å²) >= 11 is 0. The van der Waals surface area contributed by atoms with Crippen LogP contribution in [-0.4, -0.2) is 51.9 Å². The fourth-order valence-electron chi connectivity index (χ4n) is 2.76. The normalized spacial score (nSPS) is 12.8. The van der Waals surface area contributed by atoms with E-state index in [0.717, 1.165) is 12.8 Å². The highest BCUT2D eigenvalue weighted by atomic mass is 16.4. The topological polar surface area (TPSA) is 136 Å². The monoisotopic (exact) mass is 408 g/mol. The maximum absolute atomic E-state index is 12.1. The Bertz CT molecular complexity index is 647. The average Bonchev–Trinajstić information content (AvgIpc) is 2.71. The van der Waals surface area contributed by atoms with Gasteiger partial charge in [-0.15, -0.1) is 0 Å². The molecule has 0 aromatic heterocycles. The standard InChI is InChI=1S/C21H32N2O6/c1-2-3-4-5-6-7-8-9-14-22-19(26)15-10-12-16(13-11-15)23-20(27)17(24)18(25)21(28)29/h10-13,17-18,24-25H,2-9,14H2,1H3,(H,22,26)(H,23,27)(H,28,29). The van der Waals surface area contributed by atoms with E-state index in [4.69, 9.17) is 5.11 Å². The number of aliphatic carboxylic acids is 1. The number of anilines is 1. The minimum atomic E-state index is -2.21. The smallest absolute Gasteiger partial charge is 0.335 e. The first kappa shape index (κ1) is 24.6. The Balaban J connectivity index is 2.31. The number of aliphatic hydroxyl groups excluding tert-OH is 2. The quantitative estimate of drug-likeness (QED) is 0.300. The van der Waals surface area contributed by atoms with Crippen molar-refractivity contribution >= 4 is 23.5 Å². The molecule has 5 N–H and O–H groups in total.